The second-order valence-electron chi connectivity index (χ2n) is 5.93. The van der Waals surface area contributed by atoms with Gasteiger partial charge in [-0.15, -0.1) is 0 Å². The number of nitrogens with zero attached hydrogens (tertiary/aromatic N) is 5. The first kappa shape index (κ1) is 17.8. The number of sulfonamides is 1. The Morgan fingerprint density at radius 3 is 2.44 bits per heavy atom. The molecule has 0 spiro atoms. The first-order valence-corrected chi connectivity index (χ1v) is 9.71. The van der Waals surface area contributed by atoms with Gasteiger partial charge in [0.1, 0.15) is 6.07 Å². The van der Waals surface area contributed by atoms with Gasteiger partial charge in [0.2, 0.25) is 10.0 Å². The monoisotopic (exact) mass is 377 g/mol. The molecular formula is C16H19N5O2S2. The fourth-order valence-corrected chi connectivity index (χ4v) is 4.61. The SMILES string of the molecule is Cn1ccn(CN2CCN(S(=O)(=O)c3ccccc3C#N)CC2)c1=S. The van der Waals surface area contributed by atoms with Crippen molar-refractivity contribution >= 4 is 22.2 Å². The van der Waals surface area contributed by atoms with Crippen LogP contribution in [0, 0.1) is 16.1 Å². The molecule has 7 nitrogen and oxygen atoms in total. The molecule has 1 aromatic heterocycles. The maximum absolute atomic E-state index is 12.8. The van der Waals surface area contributed by atoms with Crippen molar-refractivity contribution in [2.45, 2.75) is 11.6 Å². The number of benzene rings is 1. The number of hydrogen-bond donors (Lipinski definition) is 0. The molecule has 0 aliphatic carbocycles. The second kappa shape index (κ2) is 7.09. The smallest absolute Gasteiger partial charge is 0.244 e. The predicted octanol–water partition coefficient (Wildman–Crippen LogP) is 1.39. The molecule has 1 aliphatic heterocycles. The molecule has 9 heteroatoms. The maximum atomic E-state index is 12.8. The highest BCUT2D eigenvalue weighted by atomic mass is 32.2. The Balaban J connectivity index is 1.70. The molecular weight excluding hydrogens is 358 g/mol. The summed E-state index contributed by atoms with van der Waals surface area (Å²) in [6.07, 6.45) is 3.83. The van der Waals surface area contributed by atoms with Crippen molar-refractivity contribution in [1.29, 1.82) is 5.26 Å². The van der Waals surface area contributed by atoms with Crippen LogP contribution in [0.15, 0.2) is 41.6 Å². The normalized spacial score (nSPS) is 16.6. The van der Waals surface area contributed by atoms with E-state index in [0.29, 0.717) is 32.8 Å². The highest BCUT2D eigenvalue weighted by Gasteiger charge is 2.30. The summed E-state index contributed by atoms with van der Waals surface area (Å²) in [5.41, 5.74) is 0.181. The van der Waals surface area contributed by atoms with Crippen LogP contribution >= 0.6 is 12.2 Å². The molecule has 132 valence electrons. The molecule has 0 saturated carbocycles. The van der Waals surface area contributed by atoms with E-state index < -0.39 is 10.0 Å². The standard InChI is InChI=1S/C16H19N5O2S2/c1-18-6-9-20(16(18)24)13-19-7-10-21(11-8-19)25(22,23)15-5-3-2-4-14(15)12-17/h2-6,9H,7-8,10-11,13H2,1H3. The minimum absolute atomic E-state index is 0.0798. The van der Waals surface area contributed by atoms with E-state index in [0.717, 1.165) is 4.77 Å². The Morgan fingerprint density at radius 1 is 1.16 bits per heavy atom. The van der Waals surface area contributed by atoms with Crippen LogP contribution in [0.5, 0.6) is 0 Å². The van der Waals surface area contributed by atoms with Crippen molar-refractivity contribution in [2.75, 3.05) is 26.2 Å². The number of rotatable bonds is 4. The van der Waals surface area contributed by atoms with Crippen molar-refractivity contribution in [3.05, 3.63) is 47.0 Å². The summed E-state index contributed by atoms with van der Waals surface area (Å²) < 4.78 is 31.7. The lowest BCUT2D eigenvalue weighted by Gasteiger charge is -2.34. The van der Waals surface area contributed by atoms with Gasteiger partial charge < -0.3 is 9.13 Å². The minimum Gasteiger partial charge on any atom is -0.327 e. The zero-order chi connectivity index (χ0) is 18.0. The summed E-state index contributed by atoms with van der Waals surface area (Å²) in [4.78, 5) is 2.24. The number of piperazine rings is 1. The lowest BCUT2D eigenvalue weighted by molar-refractivity contribution is 0.151. The van der Waals surface area contributed by atoms with Crippen LogP contribution in [-0.2, 0) is 23.7 Å². The third-order valence-corrected chi connectivity index (χ3v) is 6.81. The van der Waals surface area contributed by atoms with E-state index in [9.17, 15) is 8.42 Å². The largest absolute Gasteiger partial charge is 0.327 e. The fourth-order valence-electron chi connectivity index (χ4n) is 2.87. The topological polar surface area (TPSA) is 74.3 Å². The van der Waals surface area contributed by atoms with E-state index in [4.69, 9.17) is 17.5 Å². The first-order valence-electron chi connectivity index (χ1n) is 7.87. The van der Waals surface area contributed by atoms with Gasteiger partial charge in [-0.25, -0.2) is 8.42 Å². The number of hydrogen-bond acceptors (Lipinski definition) is 5. The molecule has 0 atom stereocenters. The van der Waals surface area contributed by atoms with E-state index in [1.165, 1.54) is 16.4 Å². The summed E-state index contributed by atoms with van der Waals surface area (Å²) in [7, 11) is -1.75. The molecule has 25 heavy (non-hydrogen) atoms. The lowest BCUT2D eigenvalue weighted by Crippen LogP contribution is -2.48. The maximum Gasteiger partial charge on any atom is 0.244 e. The molecule has 0 bridgehead atoms. The van der Waals surface area contributed by atoms with E-state index in [1.807, 2.05) is 34.6 Å². The number of aromatic nitrogens is 2. The second-order valence-corrected chi connectivity index (χ2v) is 8.20. The summed E-state index contributed by atoms with van der Waals surface area (Å²) in [6.45, 7) is 2.65. The Bertz CT molecular complexity index is 963. The van der Waals surface area contributed by atoms with Crippen molar-refractivity contribution < 1.29 is 8.42 Å². The quantitative estimate of drug-likeness (QED) is 0.753. The van der Waals surface area contributed by atoms with Gasteiger partial charge in [0.25, 0.3) is 0 Å². The van der Waals surface area contributed by atoms with E-state index >= 15 is 0 Å². The molecule has 1 saturated heterocycles. The van der Waals surface area contributed by atoms with Gasteiger partial charge >= 0.3 is 0 Å². The molecule has 1 aliphatic rings. The van der Waals surface area contributed by atoms with Crippen LogP contribution in [0.4, 0.5) is 0 Å². The van der Waals surface area contributed by atoms with Gasteiger partial charge in [0, 0.05) is 45.6 Å². The molecule has 0 N–H and O–H groups in total. The average molecular weight is 377 g/mol. The highest BCUT2D eigenvalue weighted by molar-refractivity contribution is 7.89. The van der Waals surface area contributed by atoms with Gasteiger partial charge in [0.15, 0.2) is 4.77 Å². The number of imidazole rings is 1. The molecule has 3 rings (SSSR count). The number of nitriles is 1. The summed E-state index contributed by atoms with van der Waals surface area (Å²) >= 11 is 5.33. The third-order valence-electron chi connectivity index (χ3n) is 4.33. The fraction of sp³-hybridized carbons (Fsp3) is 0.375. The van der Waals surface area contributed by atoms with Crippen molar-refractivity contribution in [3.8, 4) is 6.07 Å². The summed E-state index contributed by atoms with van der Waals surface area (Å²) in [6, 6.07) is 8.28. The molecule has 0 amide bonds. The minimum atomic E-state index is -3.65. The molecule has 0 unspecified atom stereocenters. The molecule has 2 aromatic rings. The molecule has 1 fully saturated rings. The van der Waals surface area contributed by atoms with Crippen molar-refractivity contribution in [2.24, 2.45) is 7.05 Å². The van der Waals surface area contributed by atoms with Gasteiger partial charge in [-0.3, -0.25) is 4.90 Å². The van der Waals surface area contributed by atoms with E-state index in [-0.39, 0.29) is 10.5 Å². The molecule has 1 aromatic carbocycles. The van der Waals surface area contributed by atoms with Gasteiger partial charge in [-0.1, -0.05) is 12.1 Å². The first-order chi connectivity index (χ1) is 11.9. The van der Waals surface area contributed by atoms with Gasteiger partial charge in [0.05, 0.1) is 17.1 Å². The van der Waals surface area contributed by atoms with Crippen LogP contribution in [0.25, 0.3) is 0 Å². The summed E-state index contributed by atoms with van der Waals surface area (Å²) in [5.74, 6) is 0. The van der Waals surface area contributed by atoms with Crippen molar-refractivity contribution in [3.63, 3.8) is 0 Å². The lowest BCUT2D eigenvalue weighted by atomic mass is 10.2. The van der Waals surface area contributed by atoms with Crippen LogP contribution in [-0.4, -0.2) is 52.9 Å². The van der Waals surface area contributed by atoms with Crippen LogP contribution in [0.2, 0.25) is 0 Å². The molecule has 0 radical (unpaired) electrons. The van der Waals surface area contributed by atoms with Crippen LogP contribution in [0.3, 0.4) is 0 Å². The van der Waals surface area contributed by atoms with Crippen LogP contribution in [0.1, 0.15) is 5.56 Å². The Hall–Kier alpha value is -1.99. The molecule has 2 heterocycles. The zero-order valence-electron chi connectivity index (χ0n) is 13.9. The van der Waals surface area contributed by atoms with E-state index in [2.05, 4.69) is 4.90 Å². The van der Waals surface area contributed by atoms with Gasteiger partial charge in [-0.2, -0.15) is 9.57 Å². The van der Waals surface area contributed by atoms with Crippen molar-refractivity contribution in [1.82, 2.24) is 18.3 Å². The third kappa shape index (κ3) is 3.52. The Kier molecular flexibility index (Phi) is 5.06. The predicted molar refractivity (Wildman–Crippen MR) is 95.7 cm³/mol. The van der Waals surface area contributed by atoms with E-state index in [1.54, 1.807) is 12.1 Å². The summed E-state index contributed by atoms with van der Waals surface area (Å²) in [5, 5.41) is 9.16. The Morgan fingerprint density at radius 2 is 1.84 bits per heavy atom. The highest BCUT2D eigenvalue weighted by Crippen LogP contribution is 2.21. The van der Waals surface area contributed by atoms with Crippen LogP contribution < -0.4 is 0 Å². The zero-order valence-corrected chi connectivity index (χ0v) is 15.5. The Labute approximate surface area is 152 Å². The van der Waals surface area contributed by atoms with Gasteiger partial charge in [-0.05, 0) is 24.4 Å². The average Bonchev–Trinajstić information content (AvgIpc) is 2.94. The number of aryl methyl sites for hydroxylation is 1.